The van der Waals surface area contributed by atoms with Crippen LogP contribution in [0.3, 0.4) is 0 Å². The Morgan fingerprint density at radius 1 is 1.22 bits per heavy atom. The van der Waals surface area contributed by atoms with Crippen molar-refractivity contribution >= 4 is 20.5 Å². The Labute approximate surface area is 159 Å². The van der Waals surface area contributed by atoms with Crippen molar-refractivity contribution in [2.75, 3.05) is 19.0 Å². The van der Waals surface area contributed by atoms with Crippen LogP contribution in [0.15, 0.2) is 18.2 Å². The number of nitrogens with one attached hydrogen (secondary N) is 2. The van der Waals surface area contributed by atoms with E-state index in [-0.39, 0.29) is 34.6 Å². The average Bonchev–Trinajstić information content (AvgIpc) is 2.52. The Balaban J connectivity index is 0. The maximum Gasteiger partial charge on any atom is 0.492 e. The molecule has 1 aromatic carbocycles. The van der Waals surface area contributed by atoms with Gasteiger partial charge in [0.1, 0.15) is 11.8 Å². The van der Waals surface area contributed by atoms with Gasteiger partial charge in [-0.05, 0) is 30.5 Å². The molecule has 0 amide bonds. The van der Waals surface area contributed by atoms with Crippen molar-refractivity contribution in [3.05, 3.63) is 23.8 Å². The number of carbonyl (C=O) groups excluding carboxylic acids is 1. The lowest BCUT2D eigenvalue weighted by Gasteiger charge is -2.20. The van der Waals surface area contributed by atoms with E-state index in [0.29, 0.717) is 25.1 Å². The van der Waals surface area contributed by atoms with Gasteiger partial charge in [-0.15, -0.1) is 0 Å². The summed E-state index contributed by atoms with van der Waals surface area (Å²) in [6, 6.07) is 4.48. The van der Waals surface area contributed by atoms with Crippen molar-refractivity contribution in [1.82, 2.24) is 5.32 Å². The first-order valence-corrected chi connectivity index (χ1v) is 10.2. The van der Waals surface area contributed by atoms with Crippen molar-refractivity contribution in [1.29, 1.82) is 0 Å². The molecule has 0 aliphatic heterocycles. The molecule has 1 aromatic rings. The summed E-state index contributed by atoms with van der Waals surface area (Å²) in [5, 5.41) is 16.2. The number of benzene rings is 1. The number of hydrogen-bond donors (Lipinski definition) is 6. The van der Waals surface area contributed by atoms with Crippen LogP contribution in [0.5, 0.6) is 5.75 Å². The van der Waals surface area contributed by atoms with Crippen LogP contribution in [0.4, 0.5) is 5.69 Å². The fourth-order valence-corrected chi connectivity index (χ4v) is 2.98. The summed E-state index contributed by atoms with van der Waals surface area (Å²) >= 11 is 0. The number of phenolic OH excluding ortho intramolecular Hbond substituents is 1. The van der Waals surface area contributed by atoms with Crippen LogP contribution in [0, 0.1) is 5.92 Å². The lowest BCUT2D eigenvalue weighted by Crippen LogP contribution is -2.41. The first kappa shape index (κ1) is 27.5. The summed E-state index contributed by atoms with van der Waals surface area (Å²) in [4.78, 5) is 38.7. The van der Waals surface area contributed by atoms with E-state index >= 15 is 0 Å². The fraction of sp³-hybridized carbons (Fsp3) is 0.562. The molecular formula is C16H32N2O8Si. The first-order chi connectivity index (χ1) is 11.6. The highest BCUT2D eigenvalue weighted by atomic mass is 28.4. The van der Waals surface area contributed by atoms with Crippen LogP contribution >= 0.6 is 0 Å². The summed E-state index contributed by atoms with van der Waals surface area (Å²) in [6.45, 7) is 4.54. The summed E-state index contributed by atoms with van der Waals surface area (Å²) < 4.78 is 4.77. The van der Waals surface area contributed by atoms with Crippen LogP contribution in [0.1, 0.15) is 25.8 Å². The number of aromatic hydroxyl groups is 1. The Kier molecular flexibility index (Phi) is 12.8. The lowest BCUT2D eigenvalue weighted by atomic mass is 10.0. The molecule has 0 heterocycles. The van der Waals surface area contributed by atoms with Gasteiger partial charge >= 0.3 is 14.8 Å². The number of phenols is 1. The summed E-state index contributed by atoms with van der Waals surface area (Å²) in [5.41, 5.74) is 1.37. The van der Waals surface area contributed by atoms with Gasteiger partial charge in [0.25, 0.3) is 0 Å². The van der Waals surface area contributed by atoms with Crippen LogP contribution in [0.2, 0.25) is 6.04 Å². The summed E-state index contributed by atoms with van der Waals surface area (Å²) in [7, 11) is -2.66. The minimum atomic E-state index is -4.00. The van der Waals surface area contributed by atoms with Gasteiger partial charge in [0.2, 0.25) is 0 Å². The van der Waals surface area contributed by atoms with E-state index in [1.165, 1.54) is 7.11 Å². The second-order valence-electron chi connectivity index (χ2n) is 6.27. The van der Waals surface area contributed by atoms with E-state index in [0.717, 1.165) is 5.69 Å². The van der Waals surface area contributed by atoms with Gasteiger partial charge in [0.05, 0.1) is 7.11 Å². The van der Waals surface area contributed by atoms with E-state index in [1.54, 1.807) is 18.2 Å². The summed E-state index contributed by atoms with van der Waals surface area (Å²) in [6.07, 6.45) is 0.405. The third kappa shape index (κ3) is 10.2. The zero-order valence-corrected chi connectivity index (χ0v) is 16.8. The highest BCUT2D eigenvalue weighted by Crippen LogP contribution is 2.22. The van der Waals surface area contributed by atoms with Crippen molar-refractivity contribution in [3.8, 4) is 5.75 Å². The molecule has 11 heteroatoms. The Bertz CT molecular complexity index is 566. The number of methoxy groups -OCH3 is 1. The molecule has 0 fully saturated rings. The van der Waals surface area contributed by atoms with Gasteiger partial charge in [-0.1, -0.05) is 13.8 Å². The molecule has 0 radical (unpaired) electrons. The second kappa shape index (κ2) is 12.6. The van der Waals surface area contributed by atoms with Gasteiger partial charge < -0.3 is 40.5 Å². The normalized spacial score (nSPS) is 12.0. The van der Waals surface area contributed by atoms with E-state index in [9.17, 15) is 9.90 Å². The average molecular weight is 409 g/mol. The smallest absolute Gasteiger partial charge is 0.492 e. The highest BCUT2D eigenvalue weighted by Gasteiger charge is 2.25. The molecule has 0 spiro atoms. The number of ether oxygens (including phenoxy) is 1. The van der Waals surface area contributed by atoms with Crippen molar-refractivity contribution < 1.29 is 40.0 Å². The minimum absolute atomic E-state index is 0. The predicted octanol–water partition coefficient (Wildman–Crippen LogP) is -1.25. The molecule has 0 aliphatic carbocycles. The van der Waals surface area contributed by atoms with Crippen molar-refractivity contribution in [3.63, 3.8) is 0 Å². The van der Waals surface area contributed by atoms with Crippen LogP contribution in [-0.4, -0.2) is 64.9 Å². The molecule has 0 saturated carbocycles. The predicted molar refractivity (Wildman–Crippen MR) is 103 cm³/mol. The molecular weight excluding hydrogens is 376 g/mol. The molecule has 1 atom stereocenters. The van der Waals surface area contributed by atoms with E-state index in [2.05, 4.69) is 10.6 Å². The van der Waals surface area contributed by atoms with E-state index in [1.807, 2.05) is 13.8 Å². The Hall–Kier alpha value is -1.73. The van der Waals surface area contributed by atoms with Crippen LogP contribution < -0.4 is 10.6 Å². The largest absolute Gasteiger partial charge is 0.508 e. The van der Waals surface area contributed by atoms with Crippen molar-refractivity contribution in [2.45, 2.75) is 38.9 Å². The SMILES string of the molecule is COC(=O)C(NCc1cc(NCCC[Si](O)(O)O)ccc1O)C(C)C.O.O. The van der Waals surface area contributed by atoms with Gasteiger partial charge in [0, 0.05) is 30.4 Å². The van der Waals surface area contributed by atoms with Gasteiger partial charge in [0.15, 0.2) is 0 Å². The number of rotatable bonds is 10. The maximum atomic E-state index is 11.8. The molecule has 0 bridgehead atoms. The van der Waals surface area contributed by atoms with Crippen molar-refractivity contribution in [2.24, 2.45) is 5.92 Å². The van der Waals surface area contributed by atoms with Gasteiger partial charge in [-0.2, -0.15) is 0 Å². The first-order valence-electron chi connectivity index (χ1n) is 8.18. The minimum Gasteiger partial charge on any atom is -0.508 e. The molecule has 0 aliphatic rings. The van der Waals surface area contributed by atoms with Crippen LogP contribution in [-0.2, 0) is 16.1 Å². The second-order valence-corrected chi connectivity index (χ2v) is 8.32. The van der Waals surface area contributed by atoms with Gasteiger partial charge in [-0.3, -0.25) is 10.1 Å². The fourth-order valence-electron chi connectivity index (χ4n) is 2.33. The zero-order chi connectivity index (χ0) is 19.0. The third-order valence-electron chi connectivity index (χ3n) is 3.73. The number of carbonyl (C=O) groups is 1. The molecule has 158 valence electrons. The molecule has 1 rings (SSSR count). The monoisotopic (exact) mass is 408 g/mol. The third-order valence-corrected chi connectivity index (χ3v) is 4.76. The molecule has 10 N–H and O–H groups in total. The lowest BCUT2D eigenvalue weighted by molar-refractivity contribution is -0.144. The molecule has 27 heavy (non-hydrogen) atoms. The standard InChI is InChI=1S/C16H28N2O6Si.2H2O/c1-11(2)15(16(20)24-3)18-10-12-9-13(5-6-14(12)19)17-7-4-8-25(21,22)23;;/h5-6,9,11,15,17-19,21-23H,4,7-8,10H2,1-3H3;2*1H2. The van der Waals surface area contributed by atoms with Crippen LogP contribution in [0.25, 0.3) is 0 Å². The number of anilines is 1. The van der Waals surface area contributed by atoms with E-state index in [4.69, 9.17) is 19.1 Å². The van der Waals surface area contributed by atoms with E-state index < -0.39 is 14.8 Å². The zero-order valence-electron chi connectivity index (χ0n) is 15.8. The Morgan fingerprint density at radius 2 is 1.85 bits per heavy atom. The van der Waals surface area contributed by atoms with Gasteiger partial charge in [-0.25, -0.2) is 0 Å². The molecule has 0 saturated heterocycles. The topological polar surface area (TPSA) is 194 Å². The molecule has 1 unspecified atom stereocenters. The summed E-state index contributed by atoms with van der Waals surface area (Å²) in [5.74, 6) is -0.206. The maximum absolute atomic E-state index is 11.8. The quantitative estimate of drug-likeness (QED) is 0.119. The number of hydrogen-bond acceptors (Lipinski definition) is 8. The molecule has 10 nitrogen and oxygen atoms in total. The molecule has 0 aromatic heterocycles. The number of esters is 1. The Morgan fingerprint density at radius 3 is 2.37 bits per heavy atom. The highest BCUT2D eigenvalue weighted by molar-refractivity contribution is 6.56.